The van der Waals surface area contributed by atoms with Crippen molar-refractivity contribution in [3.8, 4) is 11.5 Å². The minimum Gasteiger partial charge on any atom is -0.348 e. The molecule has 150 valence electrons. The van der Waals surface area contributed by atoms with Crippen molar-refractivity contribution in [2.24, 2.45) is 13.0 Å². The Kier molecular flexibility index (Phi) is 4.87. The van der Waals surface area contributed by atoms with Crippen molar-refractivity contribution >= 4 is 17.5 Å². The van der Waals surface area contributed by atoms with Crippen LogP contribution < -0.4 is 10.2 Å². The van der Waals surface area contributed by atoms with Crippen LogP contribution in [0.2, 0.25) is 0 Å². The Hall–Kier alpha value is -3.49. The number of nitrogens with one attached hydrogen (secondary N) is 1. The first-order valence-corrected chi connectivity index (χ1v) is 9.21. The van der Waals surface area contributed by atoms with E-state index in [1.807, 2.05) is 36.9 Å². The van der Waals surface area contributed by atoms with E-state index in [4.69, 9.17) is 4.52 Å². The first kappa shape index (κ1) is 18.9. The van der Waals surface area contributed by atoms with Gasteiger partial charge in [-0.25, -0.2) is 4.39 Å². The molecule has 8 nitrogen and oxygen atoms in total. The molecular weight excluding hydrogens is 377 g/mol. The first-order chi connectivity index (χ1) is 13.9. The lowest BCUT2D eigenvalue weighted by atomic mass is 10.1. The number of hydrogen-bond donors (Lipinski definition) is 1. The SMILES string of the molecule is Cc1ccc(F)c(N2CC(C(=O)NCc3nc(-c4cccn4C)no3)CC2=O)c1. The third-order valence-corrected chi connectivity index (χ3v) is 4.94. The average molecular weight is 397 g/mol. The number of carbonyl (C=O) groups excluding carboxylic acids is 2. The molecule has 1 fully saturated rings. The van der Waals surface area contributed by atoms with Crippen LogP contribution in [0.25, 0.3) is 11.5 Å². The Morgan fingerprint density at radius 1 is 1.38 bits per heavy atom. The van der Waals surface area contributed by atoms with E-state index in [1.165, 1.54) is 11.0 Å². The maximum atomic E-state index is 14.1. The summed E-state index contributed by atoms with van der Waals surface area (Å²) < 4.78 is 21.2. The summed E-state index contributed by atoms with van der Waals surface area (Å²) in [4.78, 5) is 30.4. The van der Waals surface area contributed by atoms with Gasteiger partial charge in [-0.15, -0.1) is 0 Å². The van der Waals surface area contributed by atoms with Gasteiger partial charge in [-0.2, -0.15) is 4.98 Å². The molecule has 0 spiro atoms. The van der Waals surface area contributed by atoms with Gasteiger partial charge in [0.15, 0.2) is 0 Å². The second kappa shape index (κ2) is 7.50. The van der Waals surface area contributed by atoms with Crippen molar-refractivity contribution in [2.45, 2.75) is 19.9 Å². The molecule has 0 aliphatic carbocycles. The standard InChI is InChI=1S/C20H20FN5O3/c1-12-5-6-14(21)16(8-12)26-11-13(9-18(26)27)20(28)22-10-17-23-19(24-29-17)15-4-3-7-25(15)2/h3-8,13H,9-11H2,1-2H3,(H,22,28). The number of anilines is 1. The van der Waals surface area contributed by atoms with Crippen LogP contribution in [0.1, 0.15) is 17.9 Å². The van der Waals surface area contributed by atoms with Crippen LogP contribution in [0.3, 0.4) is 0 Å². The molecule has 1 aromatic carbocycles. The molecule has 1 saturated heterocycles. The Bertz CT molecular complexity index is 1070. The summed E-state index contributed by atoms with van der Waals surface area (Å²) in [6.07, 6.45) is 1.89. The van der Waals surface area contributed by atoms with Gasteiger partial charge in [0, 0.05) is 26.2 Å². The lowest BCUT2D eigenvalue weighted by molar-refractivity contribution is -0.126. The van der Waals surface area contributed by atoms with E-state index >= 15 is 0 Å². The van der Waals surface area contributed by atoms with Gasteiger partial charge in [0.25, 0.3) is 0 Å². The van der Waals surface area contributed by atoms with E-state index in [2.05, 4.69) is 15.5 Å². The number of aromatic nitrogens is 3. The highest BCUT2D eigenvalue weighted by atomic mass is 19.1. The summed E-state index contributed by atoms with van der Waals surface area (Å²) in [6, 6.07) is 8.30. The van der Waals surface area contributed by atoms with Gasteiger partial charge in [-0.1, -0.05) is 11.2 Å². The predicted molar refractivity (Wildman–Crippen MR) is 102 cm³/mol. The fourth-order valence-corrected chi connectivity index (χ4v) is 3.38. The summed E-state index contributed by atoms with van der Waals surface area (Å²) >= 11 is 0. The van der Waals surface area contributed by atoms with Gasteiger partial charge in [0.05, 0.1) is 23.8 Å². The predicted octanol–water partition coefficient (Wildman–Crippen LogP) is 2.19. The highest BCUT2D eigenvalue weighted by Crippen LogP contribution is 2.28. The second-order valence-electron chi connectivity index (χ2n) is 7.09. The number of amides is 2. The largest absolute Gasteiger partial charge is 0.348 e. The van der Waals surface area contributed by atoms with Crippen LogP contribution >= 0.6 is 0 Å². The summed E-state index contributed by atoms with van der Waals surface area (Å²) in [5.74, 6) is -0.952. The minimum atomic E-state index is -0.572. The number of aryl methyl sites for hydroxylation is 2. The fraction of sp³-hybridized carbons (Fsp3) is 0.300. The van der Waals surface area contributed by atoms with E-state index in [0.717, 1.165) is 11.3 Å². The maximum absolute atomic E-state index is 14.1. The molecule has 3 aromatic rings. The average Bonchev–Trinajstić information content (AvgIpc) is 3.41. The smallest absolute Gasteiger partial charge is 0.246 e. The summed E-state index contributed by atoms with van der Waals surface area (Å²) in [6.45, 7) is 2.00. The topological polar surface area (TPSA) is 93.3 Å². The van der Waals surface area contributed by atoms with E-state index in [-0.39, 0.29) is 42.9 Å². The molecule has 0 radical (unpaired) electrons. The summed E-state index contributed by atoms with van der Waals surface area (Å²) in [5, 5.41) is 6.63. The molecule has 3 heterocycles. The third kappa shape index (κ3) is 3.75. The molecule has 1 aliphatic heterocycles. The molecule has 1 atom stereocenters. The van der Waals surface area contributed by atoms with Crippen molar-refractivity contribution in [3.05, 3.63) is 53.8 Å². The van der Waals surface area contributed by atoms with Crippen LogP contribution in [-0.2, 0) is 23.2 Å². The summed E-state index contributed by atoms with van der Waals surface area (Å²) in [7, 11) is 1.87. The van der Waals surface area contributed by atoms with Gasteiger partial charge in [-0.05, 0) is 36.8 Å². The molecule has 1 unspecified atom stereocenters. The van der Waals surface area contributed by atoms with Gasteiger partial charge in [0.1, 0.15) is 5.82 Å². The molecule has 29 heavy (non-hydrogen) atoms. The highest BCUT2D eigenvalue weighted by Gasteiger charge is 2.36. The Morgan fingerprint density at radius 3 is 2.97 bits per heavy atom. The summed E-state index contributed by atoms with van der Waals surface area (Å²) in [5.41, 5.74) is 1.84. The number of carbonyl (C=O) groups is 2. The van der Waals surface area contributed by atoms with E-state index in [1.54, 1.807) is 12.1 Å². The lowest BCUT2D eigenvalue weighted by Crippen LogP contribution is -2.33. The number of hydrogen-bond acceptors (Lipinski definition) is 5. The first-order valence-electron chi connectivity index (χ1n) is 9.21. The van der Waals surface area contributed by atoms with Gasteiger partial charge in [0.2, 0.25) is 23.5 Å². The molecule has 4 rings (SSSR count). The fourth-order valence-electron chi connectivity index (χ4n) is 3.38. The number of rotatable bonds is 5. The zero-order valence-corrected chi connectivity index (χ0v) is 16.1. The number of nitrogens with zero attached hydrogens (tertiary/aromatic N) is 4. The normalized spacial score (nSPS) is 16.4. The monoisotopic (exact) mass is 397 g/mol. The van der Waals surface area contributed by atoms with Gasteiger partial charge >= 0.3 is 0 Å². The van der Waals surface area contributed by atoms with Crippen molar-refractivity contribution in [1.82, 2.24) is 20.0 Å². The van der Waals surface area contributed by atoms with Crippen LogP contribution in [0.4, 0.5) is 10.1 Å². The molecule has 1 N–H and O–H groups in total. The highest BCUT2D eigenvalue weighted by molar-refractivity contribution is 6.00. The van der Waals surface area contributed by atoms with Crippen molar-refractivity contribution in [2.75, 3.05) is 11.4 Å². The molecule has 2 amide bonds. The zero-order valence-electron chi connectivity index (χ0n) is 16.1. The number of benzene rings is 1. The molecule has 1 aliphatic rings. The molecule has 9 heteroatoms. The third-order valence-electron chi connectivity index (χ3n) is 4.94. The quantitative estimate of drug-likeness (QED) is 0.712. The lowest BCUT2D eigenvalue weighted by Gasteiger charge is -2.18. The van der Waals surface area contributed by atoms with Gasteiger partial charge < -0.3 is 19.3 Å². The van der Waals surface area contributed by atoms with E-state index in [0.29, 0.717) is 5.82 Å². The maximum Gasteiger partial charge on any atom is 0.246 e. The molecule has 0 saturated carbocycles. The number of halogens is 1. The van der Waals surface area contributed by atoms with Crippen molar-refractivity contribution < 1.29 is 18.5 Å². The molecular formula is C20H20FN5O3. The second-order valence-corrected chi connectivity index (χ2v) is 7.09. The van der Waals surface area contributed by atoms with Crippen molar-refractivity contribution in [3.63, 3.8) is 0 Å². The Morgan fingerprint density at radius 2 is 2.21 bits per heavy atom. The molecule has 0 bridgehead atoms. The van der Waals surface area contributed by atoms with Crippen LogP contribution in [0.5, 0.6) is 0 Å². The molecule has 2 aromatic heterocycles. The zero-order chi connectivity index (χ0) is 20.5. The van der Waals surface area contributed by atoms with E-state index < -0.39 is 11.7 Å². The van der Waals surface area contributed by atoms with Crippen LogP contribution in [-0.4, -0.2) is 33.1 Å². The Balaban J connectivity index is 1.38. The van der Waals surface area contributed by atoms with E-state index in [9.17, 15) is 14.0 Å². The van der Waals surface area contributed by atoms with Gasteiger partial charge in [-0.3, -0.25) is 9.59 Å². The minimum absolute atomic E-state index is 0.0254. The van der Waals surface area contributed by atoms with Crippen LogP contribution in [0.15, 0.2) is 41.1 Å². The van der Waals surface area contributed by atoms with Crippen LogP contribution in [0, 0.1) is 18.7 Å². The van der Waals surface area contributed by atoms with Crippen molar-refractivity contribution in [1.29, 1.82) is 0 Å². The Labute approximate surface area is 166 Å².